The molecule has 3 aromatic carbocycles. The maximum Gasteiger partial charge on any atom is 0.323 e. The number of amides is 1. The van der Waals surface area contributed by atoms with E-state index in [1.54, 1.807) is 60.7 Å². The first-order chi connectivity index (χ1) is 14.1. The van der Waals surface area contributed by atoms with Gasteiger partial charge in [-0.15, -0.1) is 0 Å². The summed E-state index contributed by atoms with van der Waals surface area (Å²) in [5.41, 5.74) is 2.43. The van der Waals surface area contributed by atoms with Gasteiger partial charge in [-0.2, -0.15) is 5.10 Å². The molecule has 3 rings (SSSR count). The molecular weight excluding hydrogens is 374 g/mol. The number of nitro groups is 1. The zero-order valence-electron chi connectivity index (χ0n) is 15.2. The summed E-state index contributed by atoms with van der Waals surface area (Å²) < 4.78 is 11.3. The Bertz CT molecular complexity index is 952. The molecule has 29 heavy (non-hydrogen) atoms. The summed E-state index contributed by atoms with van der Waals surface area (Å²) in [5, 5.41) is 14.8. The van der Waals surface area contributed by atoms with Crippen molar-refractivity contribution in [1.82, 2.24) is 5.43 Å². The molecule has 0 saturated carbocycles. The number of para-hydroxylation sites is 3. The number of rotatable bonds is 8. The lowest BCUT2D eigenvalue weighted by atomic mass is 10.2. The quantitative estimate of drug-likeness (QED) is 0.274. The predicted molar refractivity (Wildman–Crippen MR) is 107 cm³/mol. The number of carbonyl (C=O) groups excluding carboxylic acids is 1. The molecule has 0 heterocycles. The first-order valence-electron chi connectivity index (χ1n) is 8.63. The first-order valence-corrected chi connectivity index (χ1v) is 8.63. The van der Waals surface area contributed by atoms with Crippen molar-refractivity contribution in [2.24, 2.45) is 5.10 Å². The highest BCUT2D eigenvalue weighted by Gasteiger charge is 2.22. The topological polar surface area (TPSA) is 103 Å². The summed E-state index contributed by atoms with van der Waals surface area (Å²) in [6.45, 7) is 0. The molecule has 0 unspecified atom stereocenters. The van der Waals surface area contributed by atoms with Crippen molar-refractivity contribution in [2.75, 3.05) is 0 Å². The lowest BCUT2D eigenvalue weighted by Gasteiger charge is -2.18. The molecule has 146 valence electrons. The number of nitrogens with one attached hydrogen (secondary N) is 1. The van der Waals surface area contributed by atoms with Gasteiger partial charge in [-0.1, -0.05) is 48.5 Å². The van der Waals surface area contributed by atoms with Gasteiger partial charge in [0.15, 0.2) is 0 Å². The van der Waals surface area contributed by atoms with Crippen molar-refractivity contribution in [3.8, 4) is 11.5 Å². The summed E-state index contributed by atoms with van der Waals surface area (Å²) in [7, 11) is 0. The van der Waals surface area contributed by atoms with Crippen LogP contribution in [-0.2, 0) is 4.79 Å². The second kappa shape index (κ2) is 9.65. The number of carbonyl (C=O) groups is 1. The summed E-state index contributed by atoms with van der Waals surface area (Å²) in [5.74, 6) is 0.199. The van der Waals surface area contributed by atoms with Crippen molar-refractivity contribution in [2.45, 2.75) is 6.29 Å². The predicted octanol–water partition coefficient (Wildman–Crippen LogP) is 3.53. The van der Waals surface area contributed by atoms with Crippen molar-refractivity contribution in [3.63, 3.8) is 0 Å². The third-order valence-electron chi connectivity index (χ3n) is 3.70. The molecule has 0 aliphatic heterocycles. The van der Waals surface area contributed by atoms with E-state index < -0.39 is 17.1 Å². The van der Waals surface area contributed by atoms with Crippen LogP contribution in [0, 0.1) is 10.1 Å². The second-order valence-corrected chi connectivity index (χ2v) is 5.74. The Morgan fingerprint density at radius 2 is 1.41 bits per heavy atom. The SMILES string of the molecule is O=C(N/N=C/c1ccccc1[N+](=O)[O-])C(Oc1ccccc1)Oc1ccccc1. The van der Waals surface area contributed by atoms with Crippen LogP contribution < -0.4 is 14.9 Å². The van der Waals surface area contributed by atoms with E-state index in [1.165, 1.54) is 18.3 Å². The lowest BCUT2D eigenvalue weighted by molar-refractivity contribution is -0.385. The maximum absolute atomic E-state index is 12.6. The van der Waals surface area contributed by atoms with Gasteiger partial charge >= 0.3 is 12.2 Å². The fourth-order valence-corrected chi connectivity index (χ4v) is 2.36. The molecule has 1 N–H and O–H groups in total. The Kier molecular flexibility index (Phi) is 6.51. The van der Waals surface area contributed by atoms with Gasteiger partial charge in [-0.25, -0.2) is 5.43 Å². The standard InChI is InChI=1S/C21H17N3O5/c25-20(23-22-15-16-9-7-8-14-19(16)24(26)27)21(28-17-10-3-1-4-11-17)29-18-12-5-2-6-13-18/h1-15,21H,(H,23,25)/b22-15+. The number of hydrogen-bond donors (Lipinski definition) is 1. The number of benzene rings is 3. The van der Waals surface area contributed by atoms with E-state index in [0.717, 1.165) is 0 Å². The molecule has 0 radical (unpaired) electrons. The molecule has 3 aromatic rings. The number of nitro benzene ring substituents is 1. The average Bonchev–Trinajstić information content (AvgIpc) is 2.75. The normalized spacial score (nSPS) is 10.7. The first kappa shape index (κ1) is 19.6. The fourth-order valence-electron chi connectivity index (χ4n) is 2.36. The summed E-state index contributed by atoms with van der Waals surface area (Å²) >= 11 is 0. The molecule has 8 nitrogen and oxygen atoms in total. The van der Waals surface area contributed by atoms with Gasteiger partial charge < -0.3 is 9.47 Å². The van der Waals surface area contributed by atoms with E-state index in [2.05, 4.69) is 10.5 Å². The van der Waals surface area contributed by atoms with Crippen LogP contribution in [0.1, 0.15) is 5.56 Å². The van der Waals surface area contributed by atoms with E-state index in [-0.39, 0.29) is 11.3 Å². The molecule has 0 atom stereocenters. The highest BCUT2D eigenvalue weighted by molar-refractivity contribution is 5.87. The Hall–Kier alpha value is -4.20. The molecule has 0 fully saturated rings. The monoisotopic (exact) mass is 391 g/mol. The molecule has 8 heteroatoms. The van der Waals surface area contributed by atoms with E-state index in [0.29, 0.717) is 11.5 Å². The van der Waals surface area contributed by atoms with E-state index in [1.807, 2.05) is 12.1 Å². The van der Waals surface area contributed by atoms with Gasteiger partial charge in [-0.05, 0) is 30.3 Å². The van der Waals surface area contributed by atoms with Crippen LogP contribution in [0.25, 0.3) is 0 Å². The van der Waals surface area contributed by atoms with Crippen molar-refractivity contribution in [1.29, 1.82) is 0 Å². The highest BCUT2D eigenvalue weighted by Crippen LogP contribution is 2.17. The van der Waals surface area contributed by atoms with Gasteiger partial charge in [0, 0.05) is 6.07 Å². The second-order valence-electron chi connectivity index (χ2n) is 5.74. The van der Waals surface area contributed by atoms with Gasteiger partial charge in [0.05, 0.1) is 16.7 Å². The van der Waals surface area contributed by atoms with Crippen molar-refractivity contribution >= 4 is 17.8 Å². The van der Waals surface area contributed by atoms with E-state index >= 15 is 0 Å². The van der Waals surface area contributed by atoms with Crippen LogP contribution in [0.5, 0.6) is 11.5 Å². The Labute approximate surface area is 166 Å². The van der Waals surface area contributed by atoms with Crippen LogP contribution in [0.2, 0.25) is 0 Å². The van der Waals surface area contributed by atoms with E-state index in [9.17, 15) is 14.9 Å². The summed E-state index contributed by atoms with van der Waals surface area (Å²) in [4.78, 5) is 23.1. The Morgan fingerprint density at radius 3 is 1.97 bits per heavy atom. The third-order valence-corrected chi connectivity index (χ3v) is 3.70. The van der Waals surface area contributed by atoms with Crippen LogP contribution in [0.3, 0.4) is 0 Å². The van der Waals surface area contributed by atoms with Crippen LogP contribution >= 0.6 is 0 Å². The highest BCUT2D eigenvalue weighted by atomic mass is 16.7. The molecule has 0 aliphatic carbocycles. The number of nitrogens with zero attached hydrogens (tertiary/aromatic N) is 2. The van der Waals surface area contributed by atoms with Crippen LogP contribution in [0.15, 0.2) is 90.0 Å². The average molecular weight is 391 g/mol. The Morgan fingerprint density at radius 1 is 0.897 bits per heavy atom. The molecule has 0 spiro atoms. The smallest absolute Gasteiger partial charge is 0.323 e. The molecule has 0 saturated heterocycles. The molecule has 0 aromatic heterocycles. The van der Waals surface area contributed by atoms with Crippen molar-refractivity contribution in [3.05, 3.63) is 101 Å². The summed E-state index contributed by atoms with van der Waals surface area (Å²) in [6.07, 6.45) is -0.124. The molecular formula is C21H17N3O5. The molecule has 1 amide bonds. The summed E-state index contributed by atoms with van der Waals surface area (Å²) in [6, 6.07) is 23.5. The van der Waals surface area contributed by atoms with Crippen LogP contribution in [-0.4, -0.2) is 23.3 Å². The lowest BCUT2D eigenvalue weighted by Crippen LogP contribution is -2.40. The number of ether oxygens (including phenoxy) is 2. The number of hydrazone groups is 1. The third kappa shape index (κ3) is 5.64. The minimum Gasteiger partial charge on any atom is -0.446 e. The van der Waals surface area contributed by atoms with Gasteiger partial charge in [0.2, 0.25) is 0 Å². The van der Waals surface area contributed by atoms with Gasteiger partial charge in [0.25, 0.3) is 5.69 Å². The largest absolute Gasteiger partial charge is 0.446 e. The Balaban J connectivity index is 1.73. The zero-order valence-corrected chi connectivity index (χ0v) is 15.2. The maximum atomic E-state index is 12.6. The zero-order chi connectivity index (χ0) is 20.5. The number of hydrogen-bond acceptors (Lipinski definition) is 6. The van der Waals surface area contributed by atoms with Crippen molar-refractivity contribution < 1.29 is 19.2 Å². The van der Waals surface area contributed by atoms with Crippen LogP contribution in [0.4, 0.5) is 5.69 Å². The molecule has 0 aliphatic rings. The minimum absolute atomic E-state index is 0.122. The fraction of sp³-hybridized carbons (Fsp3) is 0.0476. The van der Waals surface area contributed by atoms with Gasteiger partial charge in [0.1, 0.15) is 11.5 Å². The van der Waals surface area contributed by atoms with E-state index in [4.69, 9.17) is 9.47 Å². The minimum atomic E-state index is -1.32. The van der Waals surface area contributed by atoms with Gasteiger partial charge in [-0.3, -0.25) is 14.9 Å². The molecule has 0 bridgehead atoms.